The fourth-order valence-electron chi connectivity index (χ4n) is 1.25. The van der Waals surface area contributed by atoms with Gasteiger partial charge in [-0.25, -0.2) is 0 Å². The molecule has 1 heterocycles. The molecule has 2 rings (SSSR count). The number of alkyl halides is 5. The second kappa shape index (κ2) is 3.20. The van der Waals surface area contributed by atoms with Crippen molar-refractivity contribution >= 4 is 11.0 Å². The molecule has 0 N–H and O–H groups in total. The van der Waals surface area contributed by atoms with E-state index < -0.39 is 17.7 Å². The molecule has 0 aliphatic rings. The predicted octanol–water partition coefficient (Wildman–Crippen LogP) is 3.89. The van der Waals surface area contributed by atoms with Crippen molar-refractivity contribution in [3.05, 3.63) is 36.1 Å². The van der Waals surface area contributed by atoms with E-state index in [4.69, 9.17) is 4.42 Å². The number of hydrogen-bond acceptors (Lipinski definition) is 1. The van der Waals surface area contributed by atoms with Gasteiger partial charge in [-0.3, -0.25) is 0 Å². The summed E-state index contributed by atoms with van der Waals surface area (Å²) >= 11 is 0. The first-order chi connectivity index (χ1) is 7.32. The van der Waals surface area contributed by atoms with Crippen molar-refractivity contribution in [1.29, 1.82) is 0 Å². The lowest BCUT2D eigenvalue weighted by molar-refractivity contribution is -0.289. The molecule has 0 saturated carbocycles. The van der Waals surface area contributed by atoms with Crippen LogP contribution in [-0.4, -0.2) is 6.18 Å². The normalized spacial score (nSPS) is 13.3. The van der Waals surface area contributed by atoms with Crippen LogP contribution in [0.15, 0.2) is 28.9 Å². The van der Waals surface area contributed by atoms with Gasteiger partial charge in [-0.05, 0) is 12.1 Å². The molecule has 16 heavy (non-hydrogen) atoms. The summed E-state index contributed by atoms with van der Waals surface area (Å²) in [6.45, 7) is 0. The highest BCUT2D eigenvalue weighted by molar-refractivity contribution is 5.77. The summed E-state index contributed by atoms with van der Waals surface area (Å²) in [5, 5.41) is 0.349. The fraction of sp³-hybridized carbons (Fsp3) is 0.200. The van der Waals surface area contributed by atoms with Crippen LogP contribution in [0.5, 0.6) is 0 Å². The Morgan fingerprint density at radius 3 is 2.38 bits per heavy atom. The van der Waals surface area contributed by atoms with E-state index in [1.165, 1.54) is 0 Å². The van der Waals surface area contributed by atoms with E-state index in [0.29, 0.717) is 17.5 Å². The number of fused-ring (bicyclic) bond motifs is 1. The van der Waals surface area contributed by atoms with Crippen LogP contribution in [0.1, 0.15) is 5.56 Å². The Morgan fingerprint density at radius 1 is 1.06 bits per heavy atom. The molecule has 0 aliphatic heterocycles. The first-order valence-corrected chi connectivity index (χ1v) is 4.16. The van der Waals surface area contributed by atoms with Gasteiger partial charge in [0.1, 0.15) is 5.58 Å². The Hall–Kier alpha value is -1.59. The third kappa shape index (κ3) is 1.54. The molecule has 2 aromatic rings. The van der Waals surface area contributed by atoms with Gasteiger partial charge in [0, 0.05) is 17.0 Å². The Labute approximate surface area is 86.5 Å². The van der Waals surface area contributed by atoms with Crippen LogP contribution < -0.4 is 0 Å². The van der Waals surface area contributed by atoms with Crippen LogP contribution in [0.25, 0.3) is 11.0 Å². The monoisotopic (exact) mass is 235 g/mol. The number of benzene rings is 1. The molecular formula is C10H4F5O. The summed E-state index contributed by atoms with van der Waals surface area (Å²) in [6, 6.07) is 5.03. The molecule has 1 radical (unpaired) electrons. The quantitative estimate of drug-likeness (QED) is 0.683. The van der Waals surface area contributed by atoms with E-state index in [1.807, 2.05) is 0 Å². The Morgan fingerprint density at radius 2 is 1.75 bits per heavy atom. The van der Waals surface area contributed by atoms with Gasteiger partial charge in [-0.2, -0.15) is 22.0 Å². The molecule has 1 nitrogen and oxygen atoms in total. The van der Waals surface area contributed by atoms with Crippen LogP contribution in [0.3, 0.4) is 0 Å². The zero-order valence-electron chi connectivity index (χ0n) is 7.61. The molecule has 0 fully saturated rings. The van der Waals surface area contributed by atoms with Crippen LogP contribution in [-0.2, 0) is 5.92 Å². The smallest absolute Gasteiger partial charge is 0.458 e. The van der Waals surface area contributed by atoms with Gasteiger partial charge in [0.15, 0.2) is 0 Å². The van der Waals surface area contributed by atoms with E-state index in [2.05, 4.69) is 6.07 Å². The van der Waals surface area contributed by atoms with Gasteiger partial charge in [0.05, 0.1) is 6.26 Å². The zero-order chi connectivity index (χ0) is 12.0. The largest absolute Gasteiger partial charge is 0.464 e. The lowest BCUT2D eigenvalue weighted by Crippen LogP contribution is -2.33. The van der Waals surface area contributed by atoms with Crippen LogP contribution >= 0.6 is 0 Å². The molecule has 0 unspecified atom stereocenters. The van der Waals surface area contributed by atoms with Crippen LogP contribution in [0.2, 0.25) is 0 Å². The summed E-state index contributed by atoms with van der Waals surface area (Å²) in [7, 11) is 0. The van der Waals surface area contributed by atoms with Crippen molar-refractivity contribution in [1.82, 2.24) is 0 Å². The van der Waals surface area contributed by atoms with Gasteiger partial charge in [-0.1, -0.05) is 6.07 Å². The molecule has 1 aromatic carbocycles. The average molecular weight is 235 g/mol. The fourth-order valence-corrected chi connectivity index (χ4v) is 1.25. The first kappa shape index (κ1) is 10.9. The summed E-state index contributed by atoms with van der Waals surface area (Å²) in [5.41, 5.74) is -1.20. The second-order valence-electron chi connectivity index (χ2n) is 3.16. The number of rotatable bonds is 1. The molecule has 6 heteroatoms. The molecule has 0 spiro atoms. The van der Waals surface area contributed by atoms with Crippen LogP contribution in [0.4, 0.5) is 22.0 Å². The predicted molar refractivity (Wildman–Crippen MR) is 45.0 cm³/mol. The van der Waals surface area contributed by atoms with Gasteiger partial charge in [0.2, 0.25) is 0 Å². The number of furan rings is 1. The molecule has 1 aromatic heterocycles. The first-order valence-electron chi connectivity index (χ1n) is 4.16. The van der Waals surface area contributed by atoms with Crippen molar-refractivity contribution in [3.8, 4) is 0 Å². The van der Waals surface area contributed by atoms with E-state index in [-0.39, 0.29) is 5.58 Å². The standard InChI is InChI=1S/C10H4F5O/c11-9(12,10(13,14)15)7-2-1-6-3-4-16-8(6)5-7/h1-2,4-5H. The van der Waals surface area contributed by atoms with Crippen molar-refractivity contribution in [2.24, 2.45) is 0 Å². The SMILES string of the molecule is FC(F)(F)C(F)(F)c1ccc2[c]coc2c1. The maximum absolute atomic E-state index is 12.9. The highest BCUT2D eigenvalue weighted by Gasteiger charge is 2.58. The Bertz CT molecular complexity index is 511. The van der Waals surface area contributed by atoms with Crippen LogP contribution in [0, 0.1) is 6.07 Å². The second-order valence-corrected chi connectivity index (χ2v) is 3.16. The van der Waals surface area contributed by atoms with Gasteiger partial charge in [0.25, 0.3) is 0 Å². The topological polar surface area (TPSA) is 13.1 Å². The van der Waals surface area contributed by atoms with E-state index in [9.17, 15) is 22.0 Å². The summed E-state index contributed by atoms with van der Waals surface area (Å²) in [6.07, 6.45) is -4.52. The maximum Gasteiger partial charge on any atom is 0.458 e. The molecule has 0 amide bonds. The van der Waals surface area contributed by atoms with Crippen molar-refractivity contribution in [2.75, 3.05) is 0 Å². The highest BCUT2D eigenvalue weighted by atomic mass is 19.4. The van der Waals surface area contributed by atoms with E-state index >= 15 is 0 Å². The molecular weight excluding hydrogens is 231 g/mol. The highest BCUT2D eigenvalue weighted by Crippen LogP contribution is 2.44. The van der Waals surface area contributed by atoms with Crippen molar-refractivity contribution in [2.45, 2.75) is 12.1 Å². The molecule has 0 bridgehead atoms. The number of halogens is 5. The third-order valence-corrected chi connectivity index (χ3v) is 2.10. The lowest BCUT2D eigenvalue weighted by atomic mass is 10.1. The minimum atomic E-state index is -5.61. The van der Waals surface area contributed by atoms with Crippen molar-refractivity contribution in [3.63, 3.8) is 0 Å². The minimum absolute atomic E-state index is 0.0542. The maximum atomic E-state index is 12.9. The molecule has 0 saturated heterocycles. The van der Waals surface area contributed by atoms with Gasteiger partial charge < -0.3 is 4.42 Å². The average Bonchev–Trinajstić information content (AvgIpc) is 2.61. The van der Waals surface area contributed by atoms with Gasteiger partial charge in [-0.15, -0.1) is 0 Å². The third-order valence-electron chi connectivity index (χ3n) is 2.10. The lowest BCUT2D eigenvalue weighted by Gasteiger charge is -2.19. The number of hydrogen-bond donors (Lipinski definition) is 0. The Kier molecular flexibility index (Phi) is 2.18. The van der Waals surface area contributed by atoms with Crippen molar-refractivity contribution < 1.29 is 26.4 Å². The molecule has 0 aliphatic carbocycles. The minimum Gasteiger partial charge on any atom is -0.464 e. The molecule has 0 atom stereocenters. The Balaban J connectivity index is 2.54. The molecule has 85 valence electrons. The summed E-state index contributed by atoms with van der Waals surface area (Å²) in [4.78, 5) is 0. The zero-order valence-corrected chi connectivity index (χ0v) is 7.61. The summed E-state index contributed by atoms with van der Waals surface area (Å²) < 4.78 is 66.7. The van der Waals surface area contributed by atoms with E-state index in [0.717, 1.165) is 12.3 Å². The van der Waals surface area contributed by atoms with Gasteiger partial charge >= 0.3 is 12.1 Å². The summed E-state index contributed by atoms with van der Waals surface area (Å²) in [5.74, 6) is -4.88. The van der Waals surface area contributed by atoms with E-state index in [1.54, 1.807) is 0 Å².